The van der Waals surface area contributed by atoms with E-state index in [1.165, 1.54) is 83.5 Å². The van der Waals surface area contributed by atoms with Crippen molar-refractivity contribution in [1.29, 1.82) is 0 Å². The van der Waals surface area contributed by atoms with Gasteiger partial charge in [-0.05, 0) is 109 Å². The van der Waals surface area contributed by atoms with E-state index in [-0.39, 0.29) is 31.6 Å². The average molecular weight is 885 g/mol. The molecule has 0 bridgehead atoms. The molecule has 0 aliphatic heterocycles. The van der Waals surface area contributed by atoms with Crippen LogP contribution in [0, 0.1) is 0 Å². The zero-order valence-corrected chi connectivity index (χ0v) is 41.5. The summed E-state index contributed by atoms with van der Waals surface area (Å²) in [4.78, 5) is 25.4. The maximum atomic E-state index is 12.7. The zero-order valence-electron chi connectivity index (χ0n) is 41.5. The van der Waals surface area contributed by atoms with Crippen molar-refractivity contribution in [1.82, 2.24) is 0 Å². The van der Waals surface area contributed by atoms with Crippen LogP contribution in [0.15, 0.2) is 122 Å². The number of hydrogen-bond acceptors (Lipinski definition) is 5. The standard InChI is InChI=1S/C59H96O5/c1-4-7-10-13-16-19-22-25-28-29-30-31-33-34-37-40-43-46-49-52-58(60)63-56-57(55-62-54-51-48-45-42-39-36-27-24-21-18-15-12-9-6-3)64-59(61)53-50-47-44-41-38-35-32-26-23-20-17-14-11-8-5-2/h7-8,10-11,16-17,19-21,24-26,28,30-32,38,41,47,50,57H,4-6,9,12-15,18,22-23,27,29,33-37,39-40,42-46,48-49,51-56H2,1-3H3/b10-7-,11-8-,19-16-,20-17-,24-21-,28-25-,31-30-,32-26-,41-38-,50-47-. The second kappa shape index (κ2) is 53.6. The predicted molar refractivity (Wildman–Crippen MR) is 279 cm³/mol. The molecule has 5 nitrogen and oxygen atoms in total. The van der Waals surface area contributed by atoms with E-state index in [4.69, 9.17) is 14.2 Å². The first-order valence-corrected chi connectivity index (χ1v) is 26.1. The Balaban J connectivity index is 4.43. The van der Waals surface area contributed by atoms with Gasteiger partial charge in [0, 0.05) is 13.0 Å². The fourth-order valence-electron chi connectivity index (χ4n) is 6.69. The highest BCUT2D eigenvalue weighted by atomic mass is 16.6. The van der Waals surface area contributed by atoms with Crippen LogP contribution >= 0.6 is 0 Å². The fourth-order valence-corrected chi connectivity index (χ4v) is 6.69. The van der Waals surface area contributed by atoms with Gasteiger partial charge in [-0.3, -0.25) is 9.59 Å². The van der Waals surface area contributed by atoms with Crippen LogP contribution in [-0.4, -0.2) is 37.9 Å². The van der Waals surface area contributed by atoms with Gasteiger partial charge >= 0.3 is 11.9 Å². The molecular weight excluding hydrogens is 789 g/mol. The van der Waals surface area contributed by atoms with Gasteiger partial charge in [0.05, 0.1) is 13.0 Å². The third-order valence-corrected chi connectivity index (χ3v) is 10.5. The summed E-state index contributed by atoms with van der Waals surface area (Å²) in [7, 11) is 0. The Morgan fingerprint density at radius 3 is 1.22 bits per heavy atom. The highest BCUT2D eigenvalue weighted by Gasteiger charge is 2.17. The molecule has 1 unspecified atom stereocenters. The molecule has 64 heavy (non-hydrogen) atoms. The van der Waals surface area contributed by atoms with Crippen LogP contribution in [0.25, 0.3) is 0 Å². The normalized spacial score (nSPS) is 13.2. The van der Waals surface area contributed by atoms with Crippen LogP contribution in [0.5, 0.6) is 0 Å². The molecule has 5 heteroatoms. The van der Waals surface area contributed by atoms with Gasteiger partial charge in [0.2, 0.25) is 0 Å². The van der Waals surface area contributed by atoms with Gasteiger partial charge in [-0.15, -0.1) is 0 Å². The highest BCUT2D eigenvalue weighted by molar-refractivity contribution is 5.71. The Kier molecular flexibility index (Phi) is 50.5. The molecule has 0 aliphatic carbocycles. The number of rotatable bonds is 46. The summed E-state index contributed by atoms with van der Waals surface area (Å²) >= 11 is 0. The molecule has 0 aromatic heterocycles. The van der Waals surface area contributed by atoms with E-state index < -0.39 is 6.10 Å². The van der Waals surface area contributed by atoms with Gasteiger partial charge in [-0.25, -0.2) is 0 Å². The Labute approximate surface area is 395 Å². The molecule has 0 N–H and O–H groups in total. The minimum Gasteiger partial charge on any atom is -0.462 e. The summed E-state index contributed by atoms with van der Waals surface area (Å²) in [6.07, 6.45) is 75.2. The van der Waals surface area contributed by atoms with E-state index in [0.717, 1.165) is 96.3 Å². The molecule has 0 saturated heterocycles. The molecule has 0 fully saturated rings. The van der Waals surface area contributed by atoms with Crippen LogP contribution in [-0.2, 0) is 23.8 Å². The van der Waals surface area contributed by atoms with Crippen LogP contribution in [0.4, 0.5) is 0 Å². The first-order valence-electron chi connectivity index (χ1n) is 26.1. The van der Waals surface area contributed by atoms with Crippen molar-refractivity contribution in [3.8, 4) is 0 Å². The summed E-state index contributed by atoms with van der Waals surface area (Å²) < 4.78 is 17.3. The lowest BCUT2D eigenvalue weighted by molar-refractivity contribution is -0.162. The minimum absolute atomic E-state index is 0.0285. The summed E-state index contributed by atoms with van der Waals surface area (Å²) in [5.41, 5.74) is 0. The van der Waals surface area contributed by atoms with Gasteiger partial charge in [-0.1, -0.05) is 213 Å². The van der Waals surface area contributed by atoms with Crippen molar-refractivity contribution in [3.63, 3.8) is 0 Å². The molecule has 0 heterocycles. The highest BCUT2D eigenvalue weighted by Crippen LogP contribution is 2.12. The van der Waals surface area contributed by atoms with Gasteiger partial charge in [0.1, 0.15) is 6.61 Å². The molecule has 0 saturated carbocycles. The third-order valence-electron chi connectivity index (χ3n) is 10.5. The van der Waals surface area contributed by atoms with Crippen molar-refractivity contribution in [2.75, 3.05) is 19.8 Å². The fraction of sp³-hybridized carbons (Fsp3) is 0.627. The van der Waals surface area contributed by atoms with Crippen molar-refractivity contribution in [2.24, 2.45) is 0 Å². The molecule has 0 spiro atoms. The first kappa shape index (κ1) is 60.3. The molecule has 0 radical (unpaired) electrons. The topological polar surface area (TPSA) is 61.8 Å². The number of unbranched alkanes of at least 4 members (excludes halogenated alkanes) is 16. The molecule has 1 atom stereocenters. The number of allylic oxidation sites excluding steroid dienone is 19. The SMILES string of the molecule is CC/C=C\C/C=C\C/C=C\C/C=C\C/C=C\CC(=O)OC(COCCCCCCCC/C=C\CCCCCC)COC(=O)CCCCCCCC/C=C\C/C=C\C/C=C\C/C=C\CC. The van der Waals surface area contributed by atoms with Crippen LogP contribution in [0.3, 0.4) is 0 Å². The van der Waals surface area contributed by atoms with E-state index in [0.29, 0.717) is 13.0 Å². The molecule has 362 valence electrons. The number of carbonyl (C=O) groups excluding carboxylic acids is 2. The summed E-state index contributed by atoms with van der Waals surface area (Å²) in [5.74, 6) is -0.569. The van der Waals surface area contributed by atoms with E-state index in [1.807, 2.05) is 12.2 Å². The Morgan fingerprint density at radius 1 is 0.375 bits per heavy atom. The molecule has 0 amide bonds. The summed E-state index contributed by atoms with van der Waals surface area (Å²) in [5, 5.41) is 0. The zero-order chi connectivity index (χ0) is 46.3. The van der Waals surface area contributed by atoms with E-state index in [2.05, 4.69) is 130 Å². The third kappa shape index (κ3) is 50.9. The lowest BCUT2D eigenvalue weighted by Gasteiger charge is -2.18. The van der Waals surface area contributed by atoms with E-state index in [1.54, 1.807) is 0 Å². The van der Waals surface area contributed by atoms with Crippen molar-refractivity contribution >= 4 is 11.9 Å². The second-order valence-corrected chi connectivity index (χ2v) is 16.7. The van der Waals surface area contributed by atoms with Crippen molar-refractivity contribution in [3.05, 3.63) is 122 Å². The van der Waals surface area contributed by atoms with Gasteiger partial charge in [0.25, 0.3) is 0 Å². The maximum Gasteiger partial charge on any atom is 0.310 e. The number of carbonyl (C=O) groups is 2. The lowest BCUT2D eigenvalue weighted by atomic mass is 10.1. The molecule has 0 rings (SSSR count). The van der Waals surface area contributed by atoms with E-state index in [9.17, 15) is 9.59 Å². The van der Waals surface area contributed by atoms with Gasteiger partial charge in [0.15, 0.2) is 6.10 Å². The Bertz CT molecular complexity index is 1320. The first-order chi connectivity index (χ1) is 31.6. The minimum atomic E-state index is -0.607. The molecule has 0 aromatic rings. The monoisotopic (exact) mass is 885 g/mol. The van der Waals surface area contributed by atoms with E-state index >= 15 is 0 Å². The van der Waals surface area contributed by atoms with Crippen LogP contribution in [0.1, 0.15) is 213 Å². The van der Waals surface area contributed by atoms with Crippen molar-refractivity contribution in [2.45, 2.75) is 219 Å². The summed E-state index contributed by atoms with van der Waals surface area (Å²) in [6.45, 7) is 7.44. The Hall–Kier alpha value is -3.70. The van der Waals surface area contributed by atoms with Gasteiger partial charge < -0.3 is 14.2 Å². The summed E-state index contributed by atoms with van der Waals surface area (Å²) in [6, 6.07) is 0. The lowest BCUT2D eigenvalue weighted by Crippen LogP contribution is -2.29. The van der Waals surface area contributed by atoms with Gasteiger partial charge in [-0.2, -0.15) is 0 Å². The number of esters is 2. The largest absolute Gasteiger partial charge is 0.462 e. The van der Waals surface area contributed by atoms with Crippen LogP contribution < -0.4 is 0 Å². The Morgan fingerprint density at radius 2 is 0.750 bits per heavy atom. The number of ether oxygens (including phenoxy) is 3. The molecule has 0 aromatic carbocycles. The van der Waals surface area contributed by atoms with Crippen LogP contribution in [0.2, 0.25) is 0 Å². The quantitative estimate of drug-likeness (QED) is 0.0346. The van der Waals surface area contributed by atoms with Crippen molar-refractivity contribution < 1.29 is 23.8 Å². The predicted octanol–water partition coefficient (Wildman–Crippen LogP) is 17.8. The second-order valence-electron chi connectivity index (χ2n) is 16.7. The maximum absolute atomic E-state index is 12.7. The number of hydrogen-bond donors (Lipinski definition) is 0. The molecule has 0 aliphatic rings. The smallest absolute Gasteiger partial charge is 0.310 e. The average Bonchev–Trinajstić information content (AvgIpc) is 3.30. The molecular formula is C59H96O5.